The van der Waals surface area contributed by atoms with E-state index in [1.807, 2.05) is 27.6 Å². The molecule has 42 heavy (non-hydrogen) atoms. The standard InChI is InChI=1S/C30H26FN7O4/c1-41-9-8-38-26-11-20(29(39)40)4-5-25(26)34-27(38)17-36-13-22-15-37(16-23(22)14-36)30-33-7-6-28(35-30)42-18-21-3-2-19(12-32)10-24(21)31/h2-7,10-11,15-16H,8-9,13-14,17-18H2,1H3,(H,39,40). The number of rotatable bonds is 10. The van der Waals surface area contributed by atoms with E-state index in [2.05, 4.69) is 14.9 Å². The van der Waals surface area contributed by atoms with Gasteiger partial charge in [-0.2, -0.15) is 10.2 Å². The second kappa shape index (κ2) is 11.4. The fraction of sp³-hybridized carbons (Fsp3) is 0.233. The van der Waals surface area contributed by atoms with Gasteiger partial charge >= 0.3 is 5.97 Å². The maximum atomic E-state index is 14.2. The molecule has 0 unspecified atom stereocenters. The number of ether oxygens (including phenoxy) is 2. The molecule has 0 spiro atoms. The van der Waals surface area contributed by atoms with E-state index < -0.39 is 11.8 Å². The van der Waals surface area contributed by atoms with Crippen LogP contribution in [0.25, 0.3) is 17.0 Å². The number of hydrogen-bond acceptors (Lipinski definition) is 8. The number of nitriles is 1. The Balaban J connectivity index is 1.15. The molecule has 0 aliphatic carbocycles. The van der Waals surface area contributed by atoms with Gasteiger partial charge in [0.05, 0.1) is 41.4 Å². The van der Waals surface area contributed by atoms with E-state index in [0.717, 1.165) is 28.0 Å². The van der Waals surface area contributed by atoms with Crippen LogP contribution in [0, 0.1) is 17.1 Å². The van der Waals surface area contributed by atoms with Crippen molar-refractivity contribution in [2.45, 2.75) is 32.8 Å². The van der Waals surface area contributed by atoms with Crippen molar-refractivity contribution in [1.82, 2.24) is 29.0 Å². The Bertz CT molecular complexity index is 1820. The van der Waals surface area contributed by atoms with Gasteiger partial charge in [0, 0.05) is 57.0 Å². The number of aromatic nitrogens is 5. The summed E-state index contributed by atoms with van der Waals surface area (Å²) in [7, 11) is 1.63. The quantitative estimate of drug-likeness (QED) is 0.265. The summed E-state index contributed by atoms with van der Waals surface area (Å²) < 4.78 is 29.1. The van der Waals surface area contributed by atoms with Gasteiger partial charge in [-0.25, -0.2) is 19.2 Å². The van der Waals surface area contributed by atoms with E-state index in [1.54, 1.807) is 43.6 Å². The van der Waals surface area contributed by atoms with Crippen LogP contribution in [0.2, 0.25) is 0 Å². The summed E-state index contributed by atoms with van der Waals surface area (Å²) >= 11 is 0. The first-order chi connectivity index (χ1) is 20.4. The molecule has 2 aromatic carbocycles. The summed E-state index contributed by atoms with van der Waals surface area (Å²) in [5.74, 6) is 0.100. The Morgan fingerprint density at radius 2 is 1.93 bits per heavy atom. The van der Waals surface area contributed by atoms with E-state index in [-0.39, 0.29) is 17.7 Å². The normalized spacial score (nSPS) is 12.9. The third-order valence-electron chi connectivity index (χ3n) is 7.15. The number of halogens is 1. The first-order valence-corrected chi connectivity index (χ1v) is 13.2. The van der Waals surface area contributed by atoms with Crippen LogP contribution in [0.3, 0.4) is 0 Å². The van der Waals surface area contributed by atoms with Gasteiger partial charge in [0.15, 0.2) is 0 Å². The lowest BCUT2D eigenvalue weighted by molar-refractivity contribution is 0.0697. The largest absolute Gasteiger partial charge is 0.478 e. The Morgan fingerprint density at radius 3 is 2.64 bits per heavy atom. The predicted molar refractivity (Wildman–Crippen MR) is 148 cm³/mol. The minimum atomic E-state index is -0.977. The molecule has 212 valence electrons. The van der Waals surface area contributed by atoms with Gasteiger partial charge in [-0.15, -0.1) is 0 Å². The number of imidazole rings is 1. The van der Waals surface area contributed by atoms with Gasteiger partial charge in [-0.3, -0.25) is 9.47 Å². The van der Waals surface area contributed by atoms with Gasteiger partial charge in [0.25, 0.3) is 0 Å². The van der Waals surface area contributed by atoms with Gasteiger partial charge in [-0.1, -0.05) is 6.07 Å². The Labute approximate surface area is 240 Å². The van der Waals surface area contributed by atoms with Crippen LogP contribution in [-0.4, -0.2) is 53.8 Å². The molecule has 1 aliphatic heterocycles. The topological polar surface area (TPSA) is 131 Å². The fourth-order valence-corrected chi connectivity index (χ4v) is 5.07. The molecule has 5 aromatic rings. The maximum Gasteiger partial charge on any atom is 0.335 e. The summed E-state index contributed by atoms with van der Waals surface area (Å²) in [6.45, 7) is 2.99. The zero-order chi connectivity index (χ0) is 29.2. The molecule has 11 nitrogen and oxygen atoms in total. The molecule has 6 rings (SSSR count). The highest BCUT2D eigenvalue weighted by atomic mass is 19.1. The maximum absolute atomic E-state index is 14.2. The van der Waals surface area contributed by atoms with E-state index in [9.17, 15) is 14.3 Å². The highest BCUT2D eigenvalue weighted by molar-refractivity contribution is 5.92. The van der Waals surface area contributed by atoms with Crippen LogP contribution < -0.4 is 4.74 Å². The van der Waals surface area contributed by atoms with Gasteiger partial charge < -0.3 is 19.1 Å². The molecule has 0 amide bonds. The molecular formula is C30H26FN7O4. The molecule has 1 N–H and O–H groups in total. The predicted octanol–water partition coefficient (Wildman–Crippen LogP) is 4.07. The summed E-state index contributed by atoms with van der Waals surface area (Å²) in [6, 6.07) is 12.7. The molecular weight excluding hydrogens is 541 g/mol. The number of carbonyl (C=O) groups is 1. The van der Waals surface area contributed by atoms with E-state index in [0.29, 0.717) is 50.2 Å². The molecule has 0 bridgehead atoms. The molecule has 0 radical (unpaired) electrons. The van der Waals surface area contributed by atoms with Crippen molar-refractivity contribution >= 4 is 17.0 Å². The van der Waals surface area contributed by atoms with Gasteiger partial charge in [0.1, 0.15) is 18.2 Å². The summed E-state index contributed by atoms with van der Waals surface area (Å²) in [4.78, 5) is 27.4. The molecule has 0 fully saturated rings. The van der Waals surface area contributed by atoms with Crippen LogP contribution in [0.5, 0.6) is 5.88 Å². The monoisotopic (exact) mass is 567 g/mol. The third kappa shape index (κ3) is 5.43. The lowest BCUT2D eigenvalue weighted by Gasteiger charge is -2.16. The minimum absolute atomic E-state index is 0.0299. The molecule has 1 aliphatic rings. The number of carboxylic acids is 1. The van der Waals surface area contributed by atoms with Crippen molar-refractivity contribution in [1.29, 1.82) is 5.26 Å². The van der Waals surface area contributed by atoms with Crippen molar-refractivity contribution in [2.24, 2.45) is 0 Å². The van der Waals surface area contributed by atoms with Crippen LogP contribution in [0.1, 0.15) is 38.4 Å². The molecule has 4 heterocycles. The first-order valence-electron chi connectivity index (χ1n) is 13.2. The van der Waals surface area contributed by atoms with Gasteiger partial charge in [-0.05, 0) is 41.5 Å². The minimum Gasteiger partial charge on any atom is -0.478 e. The lowest BCUT2D eigenvalue weighted by Crippen LogP contribution is -2.20. The molecule has 3 aromatic heterocycles. The van der Waals surface area contributed by atoms with Crippen molar-refractivity contribution in [3.63, 3.8) is 0 Å². The Kier molecular flexibility index (Phi) is 7.35. The van der Waals surface area contributed by atoms with E-state index in [1.165, 1.54) is 12.1 Å². The Morgan fingerprint density at radius 1 is 1.12 bits per heavy atom. The summed E-state index contributed by atoms with van der Waals surface area (Å²) in [6.07, 6.45) is 5.56. The number of benzene rings is 2. The number of methoxy groups -OCH3 is 1. The highest BCUT2D eigenvalue weighted by Crippen LogP contribution is 2.28. The zero-order valence-electron chi connectivity index (χ0n) is 22.7. The number of aromatic carboxylic acids is 1. The number of nitrogens with zero attached hydrogens (tertiary/aromatic N) is 7. The lowest BCUT2D eigenvalue weighted by atomic mass is 10.1. The van der Waals surface area contributed by atoms with Crippen molar-refractivity contribution < 1.29 is 23.8 Å². The number of hydrogen-bond donors (Lipinski definition) is 1. The Hall–Kier alpha value is -5.12. The number of fused-ring (bicyclic) bond motifs is 2. The molecule has 0 saturated heterocycles. The van der Waals surface area contributed by atoms with Crippen molar-refractivity contribution in [3.8, 4) is 17.9 Å². The highest BCUT2D eigenvalue weighted by Gasteiger charge is 2.24. The van der Waals surface area contributed by atoms with E-state index >= 15 is 0 Å². The average molecular weight is 568 g/mol. The average Bonchev–Trinajstić information content (AvgIpc) is 3.66. The first kappa shape index (κ1) is 27.1. The SMILES string of the molecule is COCCn1c(CN2Cc3cn(-c4nccc(OCc5ccc(C#N)cc5F)n4)cc3C2)nc2ccc(C(=O)O)cc21. The van der Waals surface area contributed by atoms with Crippen LogP contribution in [0.4, 0.5) is 4.39 Å². The van der Waals surface area contributed by atoms with Crippen molar-refractivity contribution in [2.75, 3.05) is 13.7 Å². The smallest absolute Gasteiger partial charge is 0.335 e. The second-order valence-electron chi connectivity index (χ2n) is 9.94. The molecule has 0 atom stereocenters. The summed E-state index contributed by atoms with van der Waals surface area (Å²) in [5, 5.41) is 18.4. The zero-order valence-corrected chi connectivity index (χ0v) is 22.7. The van der Waals surface area contributed by atoms with Crippen LogP contribution >= 0.6 is 0 Å². The fourth-order valence-electron chi connectivity index (χ4n) is 5.07. The van der Waals surface area contributed by atoms with Crippen molar-refractivity contribution in [3.05, 3.63) is 101 Å². The number of carboxylic acid groups (broad SMARTS) is 1. The van der Waals surface area contributed by atoms with E-state index in [4.69, 9.17) is 19.7 Å². The third-order valence-corrected chi connectivity index (χ3v) is 7.15. The second-order valence-corrected chi connectivity index (χ2v) is 9.94. The molecule has 0 saturated carbocycles. The molecule has 12 heteroatoms. The van der Waals surface area contributed by atoms with Crippen LogP contribution in [0.15, 0.2) is 61.1 Å². The summed E-state index contributed by atoms with van der Waals surface area (Å²) in [5.41, 5.74) is 4.58. The van der Waals surface area contributed by atoms with Gasteiger partial charge in [0.2, 0.25) is 11.8 Å². The van der Waals surface area contributed by atoms with Crippen LogP contribution in [-0.2, 0) is 37.5 Å².